The molecule has 0 spiro atoms. The third-order valence-electron chi connectivity index (χ3n) is 4.47. The standard InChI is InChI=1S/C19H16ClFN2O/c20-14-10-13(7-8-15(14)21)12-4-3-6-18-17(11-12)23-19(24-18)16-5-1-2-9-22-16/h1-2,5,7-10,12H,3-4,6,11H2. The minimum Gasteiger partial charge on any atom is -0.440 e. The van der Waals surface area contributed by atoms with Gasteiger partial charge in [-0.25, -0.2) is 9.37 Å². The lowest BCUT2D eigenvalue weighted by atomic mass is 9.91. The largest absolute Gasteiger partial charge is 0.440 e. The number of oxazole rings is 1. The molecule has 3 aromatic rings. The third-order valence-corrected chi connectivity index (χ3v) is 4.76. The van der Waals surface area contributed by atoms with Crippen molar-refractivity contribution in [2.45, 2.75) is 31.6 Å². The highest BCUT2D eigenvalue weighted by Crippen LogP contribution is 2.34. The molecule has 5 heteroatoms. The molecular formula is C19H16ClFN2O. The smallest absolute Gasteiger partial charge is 0.245 e. The molecule has 0 amide bonds. The molecule has 24 heavy (non-hydrogen) atoms. The molecule has 0 fully saturated rings. The summed E-state index contributed by atoms with van der Waals surface area (Å²) in [5.41, 5.74) is 2.77. The van der Waals surface area contributed by atoms with Gasteiger partial charge in [0.1, 0.15) is 17.3 Å². The second-order valence-corrected chi connectivity index (χ2v) is 6.48. The molecule has 0 radical (unpaired) electrons. The molecule has 0 bridgehead atoms. The Balaban J connectivity index is 1.65. The summed E-state index contributed by atoms with van der Waals surface area (Å²) in [5.74, 6) is 1.39. The Morgan fingerprint density at radius 3 is 2.92 bits per heavy atom. The number of aryl methyl sites for hydroxylation is 1. The van der Waals surface area contributed by atoms with E-state index in [1.165, 1.54) is 6.07 Å². The van der Waals surface area contributed by atoms with Gasteiger partial charge in [0.15, 0.2) is 0 Å². The van der Waals surface area contributed by atoms with Crippen molar-refractivity contribution >= 4 is 11.6 Å². The van der Waals surface area contributed by atoms with Crippen molar-refractivity contribution in [3.05, 3.63) is 70.5 Å². The second-order valence-electron chi connectivity index (χ2n) is 6.07. The first kappa shape index (κ1) is 15.3. The lowest BCUT2D eigenvalue weighted by Gasteiger charge is -2.14. The van der Waals surface area contributed by atoms with Crippen LogP contribution in [0.4, 0.5) is 4.39 Å². The number of hydrogen-bond donors (Lipinski definition) is 0. The van der Waals surface area contributed by atoms with Crippen molar-refractivity contribution in [2.75, 3.05) is 0 Å². The van der Waals surface area contributed by atoms with Crippen molar-refractivity contribution in [1.29, 1.82) is 0 Å². The Kier molecular flexibility index (Phi) is 4.07. The maximum Gasteiger partial charge on any atom is 0.245 e. The van der Waals surface area contributed by atoms with Crippen LogP contribution in [0.1, 0.15) is 35.8 Å². The number of halogens is 2. The maximum absolute atomic E-state index is 13.4. The molecule has 1 unspecified atom stereocenters. The van der Waals surface area contributed by atoms with E-state index in [0.717, 1.165) is 48.4 Å². The molecule has 3 nitrogen and oxygen atoms in total. The minimum absolute atomic E-state index is 0.172. The molecule has 0 aliphatic heterocycles. The van der Waals surface area contributed by atoms with Crippen molar-refractivity contribution in [1.82, 2.24) is 9.97 Å². The fourth-order valence-corrected chi connectivity index (χ4v) is 3.42. The molecule has 2 heterocycles. The first-order valence-electron chi connectivity index (χ1n) is 8.05. The Labute approximate surface area is 144 Å². The molecule has 1 aromatic carbocycles. The molecule has 1 aliphatic carbocycles. The highest BCUT2D eigenvalue weighted by atomic mass is 35.5. The Hall–Kier alpha value is -2.20. The zero-order chi connectivity index (χ0) is 16.5. The summed E-state index contributed by atoms with van der Waals surface area (Å²) in [7, 11) is 0. The molecular weight excluding hydrogens is 327 g/mol. The van der Waals surface area contributed by atoms with Crippen LogP contribution in [0.25, 0.3) is 11.6 Å². The van der Waals surface area contributed by atoms with Crippen molar-refractivity contribution < 1.29 is 8.81 Å². The van der Waals surface area contributed by atoms with E-state index in [2.05, 4.69) is 9.97 Å². The van der Waals surface area contributed by atoms with Gasteiger partial charge in [0.05, 0.1) is 10.7 Å². The summed E-state index contributed by atoms with van der Waals surface area (Å²) in [6, 6.07) is 10.7. The van der Waals surface area contributed by atoms with Gasteiger partial charge in [-0.2, -0.15) is 0 Å². The van der Waals surface area contributed by atoms with Crippen LogP contribution in [0, 0.1) is 5.82 Å². The predicted octanol–water partition coefficient (Wildman–Crippen LogP) is 5.19. The van der Waals surface area contributed by atoms with E-state index in [1.807, 2.05) is 24.3 Å². The lowest BCUT2D eigenvalue weighted by molar-refractivity contribution is 0.504. The van der Waals surface area contributed by atoms with Crippen LogP contribution in [0.5, 0.6) is 0 Å². The summed E-state index contributed by atoms with van der Waals surface area (Å²) in [6.45, 7) is 0. The molecule has 0 N–H and O–H groups in total. The number of benzene rings is 1. The Bertz CT molecular complexity index is 863. The number of hydrogen-bond acceptors (Lipinski definition) is 3. The van der Waals surface area contributed by atoms with Crippen LogP contribution in [0.15, 0.2) is 47.0 Å². The van der Waals surface area contributed by atoms with Crippen molar-refractivity contribution in [2.24, 2.45) is 0 Å². The van der Waals surface area contributed by atoms with Crippen LogP contribution in [-0.4, -0.2) is 9.97 Å². The first-order valence-corrected chi connectivity index (χ1v) is 8.43. The van der Waals surface area contributed by atoms with Crippen LogP contribution < -0.4 is 0 Å². The highest BCUT2D eigenvalue weighted by Gasteiger charge is 2.24. The van der Waals surface area contributed by atoms with Gasteiger partial charge < -0.3 is 4.42 Å². The summed E-state index contributed by atoms with van der Waals surface area (Å²) in [4.78, 5) is 8.96. The number of pyridine rings is 1. The fourth-order valence-electron chi connectivity index (χ4n) is 3.23. The van der Waals surface area contributed by atoms with Gasteiger partial charge in [-0.05, 0) is 48.6 Å². The average Bonchev–Trinajstić information content (AvgIpc) is 2.90. The topological polar surface area (TPSA) is 38.9 Å². The zero-order valence-corrected chi connectivity index (χ0v) is 13.8. The summed E-state index contributed by atoms with van der Waals surface area (Å²) in [5, 5.41) is 0.172. The quantitative estimate of drug-likeness (QED) is 0.601. The number of rotatable bonds is 2. The molecule has 0 saturated heterocycles. The van der Waals surface area contributed by atoms with Gasteiger partial charge in [-0.1, -0.05) is 23.7 Å². The van der Waals surface area contributed by atoms with E-state index in [4.69, 9.17) is 16.0 Å². The summed E-state index contributed by atoms with van der Waals surface area (Å²) >= 11 is 5.94. The Morgan fingerprint density at radius 2 is 2.12 bits per heavy atom. The Morgan fingerprint density at radius 1 is 1.21 bits per heavy atom. The van der Waals surface area contributed by atoms with Crippen molar-refractivity contribution in [3.63, 3.8) is 0 Å². The SMILES string of the molecule is Fc1ccc(C2CCCc3oc(-c4ccccn4)nc3C2)cc1Cl. The molecule has 122 valence electrons. The number of nitrogens with zero attached hydrogens (tertiary/aromatic N) is 2. The van der Waals surface area contributed by atoms with Gasteiger partial charge in [-0.3, -0.25) is 4.98 Å². The van der Waals surface area contributed by atoms with E-state index in [0.29, 0.717) is 5.89 Å². The van der Waals surface area contributed by atoms with Crippen LogP contribution in [0.3, 0.4) is 0 Å². The van der Waals surface area contributed by atoms with Crippen molar-refractivity contribution in [3.8, 4) is 11.6 Å². The van der Waals surface area contributed by atoms with Gasteiger partial charge in [0.25, 0.3) is 0 Å². The van der Waals surface area contributed by atoms with E-state index in [-0.39, 0.29) is 16.8 Å². The molecule has 4 rings (SSSR count). The molecule has 1 atom stereocenters. The van der Waals surface area contributed by atoms with E-state index in [1.54, 1.807) is 12.3 Å². The van der Waals surface area contributed by atoms with Gasteiger partial charge >= 0.3 is 0 Å². The summed E-state index contributed by atoms with van der Waals surface area (Å²) in [6.07, 6.45) is 5.37. The lowest BCUT2D eigenvalue weighted by Crippen LogP contribution is -2.03. The van der Waals surface area contributed by atoms with Gasteiger partial charge in [-0.15, -0.1) is 0 Å². The van der Waals surface area contributed by atoms with Crippen LogP contribution in [-0.2, 0) is 12.8 Å². The summed E-state index contributed by atoms with van der Waals surface area (Å²) < 4.78 is 19.3. The normalized spacial score (nSPS) is 17.3. The molecule has 1 aliphatic rings. The predicted molar refractivity (Wildman–Crippen MR) is 90.5 cm³/mol. The number of aromatic nitrogens is 2. The molecule has 0 saturated carbocycles. The van der Waals surface area contributed by atoms with Gasteiger partial charge in [0, 0.05) is 19.0 Å². The van der Waals surface area contributed by atoms with Crippen LogP contribution >= 0.6 is 11.6 Å². The van der Waals surface area contributed by atoms with Gasteiger partial charge in [0.2, 0.25) is 5.89 Å². The monoisotopic (exact) mass is 342 g/mol. The number of fused-ring (bicyclic) bond motifs is 1. The molecule has 2 aromatic heterocycles. The van der Waals surface area contributed by atoms with E-state index in [9.17, 15) is 4.39 Å². The van der Waals surface area contributed by atoms with E-state index < -0.39 is 0 Å². The first-order chi connectivity index (χ1) is 11.7. The van der Waals surface area contributed by atoms with E-state index >= 15 is 0 Å². The zero-order valence-electron chi connectivity index (χ0n) is 13.0. The maximum atomic E-state index is 13.4. The fraction of sp³-hybridized carbons (Fsp3) is 0.263. The highest BCUT2D eigenvalue weighted by molar-refractivity contribution is 6.30. The third kappa shape index (κ3) is 2.94. The second kappa shape index (κ2) is 6.36. The van der Waals surface area contributed by atoms with Crippen LogP contribution in [0.2, 0.25) is 5.02 Å². The average molecular weight is 343 g/mol. The minimum atomic E-state index is -0.381.